The average Bonchev–Trinajstić information content (AvgIpc) is 2.73. The molecule has 10 heteroatoms. The van der Waals surface area contributed by atoms with Gasteiger partial charge in [-0.05, 0) is 33.7 Å². The zero-order chi connectivity index (χ0) is 16.5. The average molecular weight is 459 g/mol. The van der Waals surface area contributed by atoms with E-state index >= 15 is 0 Å². The van der Waals surface area contributed by atoms with Crippen LogP contribution in [-0.2, 0) is 35.1 Å². The Labute approximate surface area is 143 Å². The van der Waals surface area contributed by atoms with E-state index in [2.05, 4.69) is 31.8 Å². The Balaban J connectivity index is 2.29. The van der Waals surface area contributed by atoms with E-state index in [1.54, 1.807) is 12.1 Å². The molecule has 0 aromatic heterocycles. The largest absolute Gasteiger partial charge is 0.273 e. The van der Waals surface area contributed by atoms with Crippen LogP contribution in [0.2, 0.25) is 0 Å². The fourth-order valence-electron chi connectivity index (χ4n) is 1.96. The van der Waals surface area contributed by atoms with Crippen molar-refractivity contribution in [3.8, 4) is 0 Å². The highest BCUT2D eigenvalue weighted by molar-refractivity contribution is 14.1. The molecule has 0 amide bonds. The lowest BCUT2D eigenvalue weighted by Gasteiger charge is -2.17. The maximum atomic E-state index is 11.4. The second-order valence-electron chi connectivity index (χ2n) is 4.80. The van der Waals surface area contributed by atoms with Crippen LogP contribution in [0.1, 0.15) is 22.8 Å². The highest BCUT2D eigenvalue weighted by Crippen LogP contribution is 2.28. The second kappa shape index (κ2) is 6.51. The van der Waals surface area contributed by atoms with E-state index in [0.29, 0.717) is 12.1 Å². The molecule has 0 spiro atoms. The molecule has 0 saturated carbocycles. The first-order valence-electron chi connectivity index (χ1n) is 6.11. The molecule has 1 aliphatic heterocycles. The van der Waals surface area contributed by atoms with Crippen molar-refractivity contribution >= 4 is 46.5 Å². The quantitative estimate of drug-likeness (QED) is 0.471. The minimum atomic E-state index is -3.77. The lowest BCUT2D eigenvalue weighted by Crippen LogP contribution is -2.18. The van der Waals surface area contributed by atoms with E-state index in [1.165, 1.54) is 0 Å². The van der Waals surface area contributed by atoms with Crippen LogP contribution in [0.3, 0.4) is 0 Å². The van der Waals surface area contributed by atoms with E-state index < -0.39 is 32.9 Å². The van der Waals surface area contributed by atoms with E-state index in [0.717, 1.165) is 27.4 Å². The SMILES string of the molecule is CS(=O)(=O)OC[C@@H](OS(C)(=O)=O)c1ccc2c(c1)CN=C2I. The van der Waals surface area contributed by atoms with Crippen molar-refractivity contribution < 1.29 is 25.2 Å². The van der Waals surface area contributed by atoms with Gasteiger partial charge in [-0.25, -0.2) is 0 Å². The molecule has 0 bridgehead atoms. The van der Waals surface area contributed by atoms with E-state index in [-0.39, 0.29) is 0 Å². The van der Waals surface area contributed by atoms with Crippen molar-refractivity contribution in [2.45, 2.75) is 12.6 Å². The van der Waals surface area contributed by atoms with Gasteiger partial charge in [0.2, 0.25) is 0 Å². The third-order valence-electron chi connectivity index (χ3n) is 2.84. The van der Waals surface area contributed by atoms with Gasteiger partial charge in [0, 0.05) is 5.56 Å². The topological polar surface area (TPSA) is 99.1 Å². The number of hydrogen-bond donors (Lipinski definition) is 0. The predicted molar refractivity (Wildman–Crippen MR) is 90.2 cm³/mol. The Hall–Kier alpha value is -0.560. The van der Waals surface area contributed by atoms with Gasteiger partial charge in [-0.3, -0.25) is 13.4 Å². The smallest absolute Gasteiger partial charge is 0.265 e. The molecule has 2 rings (SSSR count). The molecule has 22 heavy (non-hydrogen) atoms. The van der Waals surface area contributed by atoms with Crippen LogP contribution in [0.25, 0.3) is 0 Å². The molecule has 0 unspecified atom stereocenters. The Morgan fingerprint density at radius 2 is 1.91 bits per heavy atom. The summed E-state index contributed by atoms with van der Waals surface area (Å²) in [6.45, 7) is 0.0859. The third kappa shape index (κ3) is 4.98. The minimum Gasteiger partial charge on any atom is -0.273 e. The first-order valence-corrected chi connectivity index (χ1v) is 10.8. The molecule has 0 fully saturated rings. The van der Waals surface area contributed by atoms with Crippen molar-refractivity contribution in [2.24, 2.45) is 4.99 Å². The lowest BCUT2D eigenvalue weighted by atomic mass is 10.0. The van der Waals surface area contributed by atoms with Gasteiger partial charge in [-0.2, -0.15) is 16.8 Å². The van der Waals surface area contributed by atoms with Crippen molar-refractivity contribution in [1.29, 1.82) is 0 Å². The van der Waals surface area contributed by atoms with Gasteiger partial charge in [0.05, 0.1) is 25.7 Å². The maximum Gasteiger partial charge on any atom is 0.265 e. The molecule has 0 radical (unpaired) electrons. The summed E-state index contributed by atoms with van der Waals surface area (Å²) in [6.07, 6.45) is 0.761. The Morgan fingerprint density at radius 1 is 1.23 bits per heavy atom. The highest BCUT2D eigenvalue weighted by atomic mass is 127. The van der Waals surface area contributed by atoms with Gasteiger partial charge in [-0.15, -0.1) is 0 Å². The van der Waals surface area contributed by atoms with Crippen LogP contribution >= 0.6 is 22.6 Å². The Kier molecular flexibility index (Phi) is 5.27. The summed E-state index contributed by atoms with van der Waals surface area (Å²) in [7, 11) is -7.47. The van der Waals surface area contributed by atoms with Crippen molar-refractivity contribution in [3.05, 3.63) is 34.9 Å². The summed E-state index contributed by atoms with van der Waals surface area (Å²) < 4.78 is 55.5. The molecule has 1 aliphatic rings. The molecule has 122 valence electrons. The van der Waals surface area contributed by atoms with Crippen LogP contribution in [-0.4, -0.2) is 39.7 Å². The normalized spacial score (nSPS) is 16.2. The molecule has 1 aromatic rings. The lowest BCUT2D eigenvalue weighted by molar-refractivity contribution is 0.141. The summed E-state index contributed by atoms with van der Waals surface area (Å²) in [4.78, 5) is 4.28. The number of aliphatic imine (C=N–C) groups is 1. The van der Waals surface area contributed by atoms with Gasteiger partial charge in [-0.1, -0.05) is 18.2 Å². The van der Waals surface area contributed by atoms with Crippen molar-refractivity contribution in [3.63, 3.8) is 0 Å². The van der Waals surface area contributed by atoms with Gasteiger partial charge in [0.1, 0.15) is 9.82 Å². The molecule has 0 saturated heterocycles. The molecular formula is C12H14INO6S2. The monoisotopic (exact) mass is 459 g/mol. The fourth-order valence-corrected chi connectivity index (χ4v) is 3.62. The Bertz CT molecular complexity index is 816. The van der Waals surface area contributed by atoms with E-state index in [4.69, 9.17) is 4.18 Å². The second-order valence-corrected chi connectivity index (χ2v) is 9.07. The minimum absolute atomic E-state index is 0.414. The van der Waals surface area contributed by atoms with Crippen LogP contribution in [0.4, 0.5) is 0 Å². The first kappa shape index (κ1) is 17.8. The number of benzene rings is 1. The maximum absolute atomic E-state index is 11.4. The van der Waals surface area contributed by atoms with E-state index in [1.807, 2.05) is 6.07 Å². The van der Waals surface area contributed by atoms with Crippen molar-refractivity contribution in [2.75, 3.05) is 19.1 Å². The molecule has 1 aromatic carbocycles. The fraction of sp³-hybridized carbons (Fsp3) is 0.417. The number of nitrogens with zero attached hydrogens (tertiary/aromatic N) is 1. The number of rotatable bonds is 6. The van der Waals surface area contributed by atoms with Crippen molar-refractivity contribution in [1.82, 2.24) is 0 Å². The molecule has 0 aliphatic carbocycles. The number of halogens is 1. The summed E-state index contributed by atoms with van der Waals surface area (Å²) >= 11 is 2.12. The third-order valence-corrected chi connectivity index (χ3v) is 4.90. The van der Waals surface area contributed by atoms with Gasteiger partial charge in [0.15, 0.2) is 0 Å². The van der Waals surface area contributed by atoms with Crippen LogP contribution < -0.4 is 0 Å². The summed E-state index contributed by atoms with van der Waals surface area (Å²) in [5.74, 6) is 0. The van der Waals surface area contributed by atoms with Gasteiger partial charge < -0.3 is 0 Å². The molecule has 1 heterocycles. The number of fused-ring (bicyclic) bond motifs is 1. The van der Waals surface area contributed by atoms with Gasteiger partial charge >= 0.3 is 0 Å². The predicted octanol–water partition coefficient (Wildman–Crippen LogP) is 1.38. The van der Waals surface area contributed by atoms with Crippen LogP contribution in [0.5, 0.6) is 0 Å². The molecule has 7 nitrogen and oxygen atoms in total. The number of hydrogen-bond acceptors (Lipinski definition) is 7. The zero-order valence-electron chi connectivity index (χ0n) is 11.8. The summed E-state index contributed by atoms with van der Waals surface area (Å²) in [6, 6.07) is 5.24. The van der Waals surface area contributed by atoms with Crippen LogP contribution in [0.15, 0.2) is 23.2 Å². The first-order chi connectivity index (χ1) is 10.1. The highest BCUT2D eigenvalue weighted by Gasteiger charge is 2.23. The summed E-state index contributed by atoms with van der Waals surface area (Å²) in [5.41, 5.74) is 2.43. The van der Waals surface area contributed by atoms with Gasteiger partial charge in [0.25, 0.3) is 20.2 Å². The van der Waals surface area contributed by atoms with Crippen LogP contribution in [0, 0.1) is 0 Å². The summed E-state index contributed by atoms with van der Waals surface area (Å²) in [5, 5.41) is 0. The molecular weight excluding hydrogens is 445 g/mol. The zero-order valence-corrected chi connectivity index (χ0v) is 15.6. The molecule has 1 atom stereocenters. The molecule has 0 N–H and O–H groups in total. The van der Waals surface area contributed by atoms with E-state index in [9.17, 15) is 16.8 Å². The standard InChI is InChI=1S/C12H14INO6S2/c1-21(15,16)19-7-11(20-22(2,17)18)8-3-4-10-9(5-8)6-14-12(10)13/h3-5,11H,6-7H2,1-2H3/t11-/m1/s1. The Morgan fingerprint density at radius 3 is 2.50 bits per heavy atom.